The van der Waals surface area contributed by atoms with Crippen molar-refractivity contribution < 1.29 is 0 Å². The van der Waals surface area contributed by atoms with Gasteiger partial charge in [0.25, 0.3) is 0 Å². The van der Waals surface area contributed by atoms with Crippen molar-refractivity contribution in [2.75, 3.05) is 0 Å². The molecular formula is C8H12S. The predicted octanol–water partition coefficient (Wildman–Crippen LogP) is 2.27. The fourth-order valence-corrected chi connectivity index (χ4v) is 2.50. The second kappa shape index (κ2) is 1.57. The van der Waals surface area contributed by atoms with Gasteiger partial charge in [0.05, 0.1) is 0 Å². The molecule has 0 N–H and O–H groups in total. The maximum Gasteiger partial charge on any atom is 0.0170 e. The maximum atomic E-state index is 4.60. The summed E-state index contributed by atoms with van der Waals surface area (Å²) in [5.74, 6) is 1.63. The van der Waals surface area contributed by atoms with E-state index in [-0.39, 0.29) is 0 Å². The van der Waals surface area contributed by atoms with Gasteiger partial charge in [-0.25, -0.2) is 0 Å². The molecule has 0 spiro atoms. The third-order valence-electron chi connectivity index (χ3n) is 2.65. The number of rotatable bonds is 0. The second-order valence-electron chi connectivity index (χ2n) is 3.55. The van der Waals surface area contributed by atoms with Crippen molar-refractivity contribution in [2.24, 2.45) is 11.8 Å². The van der Waals surface area contributed by atoms with Crippen LogP contribution in [0.4, 0.5) is 0 Å². The Kier molecular flexibility index (Phi) is 1.02. The van der Waals surface area contributed by atoms with Gasteiger partial charge < -0.3 is 0 Å². The van der Waals surface area contributed by atoms with Crippen molar-refractivity contribution in [2.45, 2.75) is 24.5 Å². The van der Waals surface area contributed by atoms with Crippen LogP contribution in [0.15, 0.2) is 12.2 Å². The van der Waals surface area contributed by atoms with Gasteiger partial charge in [-0.1, -0.05) is 19.1 Å². The topological polar surface area (TPSA) is 0 Å². The van der Waals surface area contributed by atoms with Crippen molar-refractivity contribution >= 4 is 12.6 Å². The van der Waals surface area contributed by atoms with Crippen molar-refractivity contribution in [1.29, 1.82) is 0 Å². The van der Waals surface area contributed by atoms with Crippen LogP contribution >= 0.6 is 12.6 Å². The molecule has 0 aromatic carbocycles. The van der Waals surface area contributed by atoms with Gasteiger partial charge in [0.2, 0.25) is 0 Å². The first-order chi connectivity index (χ1) is 4.18. The fraction of sp³-hybridized carbons (Fsp3) is 0.750. The molecule has 0 aromatic rings. The zero-order valence-corrected chi connectivity index (χ0v) is 6.57. The van der Waals surface area contributed by atoms with E-state index in [1.165, 1.54) is 12.8 Å². The molecule has 1 saturated carbocycles. The summed E-state index contributed by atoms with van der Waals surface area (Å²) in [5, 5.41) is 0. The lowest BCUT2D eigenvalue weighted by Crippen LogP contribution is -2.21. The summed E-state index contributed by atoms with van der Waals surface area (Å²) in [7, 11) is 0. The van der Waals surface area contributed by atoms with Crippen LogP contribution in [0.3, 0.4) is 0 Å². The highest BCUT2D eigenvalue weighted by molar-refractivity contribution is 7.81. The van der Waals surface area contributed by atoms with Crippen molar-refractivity contribution in [3.8, 4) is 0 Å². The van der Waals surface area contributed by atoms with Crippen LogP contribution in [0, 0.1) is 11.8 Å². The van der Waals surface area contributed by atoms with E-state index in [1.807, 2.05) is 0 Å². The average Bonchev–Trinajstić information content (AvgIpc) is 2.19. The standard InChI is InChI=1S/C8H12S/c1-8(9)5-6-2-3-7(8)4-6/h2-3,6-7,9H,4-5H2,1H3. The van der Waals surface area contributed by atoms with Crippen LogP contribution in [-0.4, -0.2) is 4.75 Å². The number of fused-ring (bicyclic) bond motifs is 2. The third kappa shape index (κ3) is 0.743. The Morgan fingerprint density at radius 3 is 2.56 bits per heavy atom. The molecule has 0 nitrogen and oxygen atoms in total. The van der Waals surface area contributed by atoms with E-state index >= 15 is 0 Å². The van der Waals surface area contributed by atoms with Crippen LogP contribution in [-0.2, 0) is 0 Å². The van der Waals surface area contributed by atoms with Gasteiger partial charge in [-0.3, -0.25) is 0 Å². The summed E-state index contributed by atoms with van der Waals surface area (Å²) in [6.45, 7) is 2.25. The molecule has 2 aliphatic rings. The minimum Gasteiger partial charge on any atom is -0.172 e. The monoisotopic (exact) mass is 140 g/mol. The molecule has 0 saturated heterocycles. The molecule has 2 rings (SSSR count). The molecule has 2 aliphatic carbocycles. The lowest BCUT2D eigenvalue weighted by molar-refractivity contribution is 0.552. The summed E-state index contributed by atoms with van der Waals surface area (Å²) < 4.78 is 0.319. The molecule has 2 bridgehead atoms. The summed E-state index contributed by atoms with van der Waals surface area (Å²) in [4.78, 5) is 0. The highest BCUT2D eigenvalue weighted by Crippen LogP contribution is 2.49. The Hall–Kier alpha value is 0.0900. The fourth-order valence-electron chi connectivity index (χ4n) is 2.07. The van der Waals surface area contributed by atoms with E-state index in [0.717, 1.165) is 11.8 Å². The lowest BCUT2D eigenvalue weighted by atomic mass is 9.95. The zero-order chi connectivity index (χ0) is 6.48. The molecule has 0 amide bonds. The van der Waals surface area contributed by atoms with Crippen LogP contribution < -0.4 is 0 Å². The van der Waals surface area contributed by atoms with Crippen LogP contribution in [0.2, 0.25) is 0 Å². The Balaban J connectivity index is 2.29. The first kappa shape index (κ1) is 5.84. The van der Waals surface area contributed by atoms with Crippen molar-refractivity contribution in [3.63, 3.8) is 0 Å². The molecule has 3 atom stereocenters. The van der Waals surface area contributed by atoms with Gasteiger partial charge in [-0.2, -0.15) is 12.6 Å². The normalized spacial score (nSPS) is 54.9. The zero-order valence-electron chi connectivity index (χ0n) is 5.67. The molecule has 0 radical (unpaired) electrons. The molecule has 1 heteroatoms. The number of hydrogen-bond donors (Lipinski definition) is 1. The van der Waals surface area contributed by atoms with E-state index in [0.29, 0.717) is 4.75 Å². The SMILES string of the molecule is CC1(S)CC2C=CC1C2. The van der Waals surface area contributed by atoms with Crippen LogP contribution in [0.1, 0.15) is 19.8 Å². The van der Waals surface area contributed by atoms with E-state index in [4.69, 9.17) is 0 Å². The van der Waals surface area contributed by atoms with E-state index in [1.54, 1.807) is 0 Å². The van der Waals surface area contributed by atoms with Gasteiger partial charge in [0.15, 0.2) is 0 Å². The molecular weight excluding hydrogens is 128 g/mol. The second-order valence-corrected chi connectivity index (χ2v) is 4.57. The Morgan fingerprint density at radius 1 is 1.56 bits per heavy atom. The average molecular weight is 140 g/mol. The quantitative estimate of drug-likeness (QED) is 0.387. The molecule has 50 valence electrons. The molecule has 0 heterocycles. The molecule has 9 heavy (non-hydrogen) atoms. The van der Waals surface area contributed by atoms with E-state index < -0.39 is 0 Å². The van der Waals surface area contributed by atoms with Crippen LogP contribution in [0.5, 0.6) is 0 Å². The van der Waals surface area contributed by atoms with Gasteiger partial charge in [0.1, 0.15) is 0 Å². The molecule has 0 aromatic heterocycles. The molecule has 3 unspecified atom stereocenters. The van der Waals surface area contributed by atoms with E-state index in [2.05, 4.69) is 31.7 Å². The van der Waals surface area contributed by atoms with Crippen molar-refractivity contribution in [3.05, 3.63) is 12.2 Å². The molecule has 1 fully saturated rings. The Bertz CT molecular complexity index is 158. The summed E-state index contributed by atoms with van der Waals surface area (Å²) in [6, 6.07) is 0. The van der Waals surface area contributed by atoms with Gasteiger partial charge >= 0.3 is 0 Å². The third-order valence-corrected chi connectivity index (χ3v) is 3.16. The van der Waals surface area contributed by atoms with Gasteiger partial charge in [-0.15, -0.1) is 0 Å². The lowest BCUT2D eigenvalue weighted by Gasteiger charge is -2.24. The maximum absolute atomic E-state index is 4.60. The summed E-state index contributed by atoms with van der Waals surface area (Å²) in [6.07, 6.45) is 7.33. The Morgan fingerprint density at radius 2 is 2.33 bits per heavy atom. The van der Waals surface area contributed by atoms with Gasteiger partial charge in [-0.05, 0) is 24.7 Å². The number of allylic oxidation sites excluding steroid dienone is 2. The van der Waals surface area contributed by atoms with Crippen LogP contribution in [0.25, 0.3) is 0 Å². The molecule has 0 aliphatic heterocycles. The first-order valence-corrected chi connectivity index (χ1v) is 4.04. The number of hydrogen-bond acceptors (Lipinski definition) is 1. The summed E-state index contributed by atoms with van der Waals surface area (Å²) in [5.41, 5.74) is 0. The summed E-state index contributed by atoms with van der Waals surface area (Å²) >= 11 is 4.60. The number of thiol groups is 1. The first-order valence-electron chi connectivity index (χ1n) is 3.59. The smallest absolute Gasteiger partial charge is 0.0170 e. The van der Waals surface area contributed by atoms with E-state index in [9.17, 15) is 0 Å². The highest BCUT2D eigenvalue weighted by Gasteiger charge is 2.42. The predicted molar refractivity (Wildman–Crippen MR) is 42.7 cm³/mol. The largest absolute Gasteiger partial charge is 0.172 e. The minimum atomic E-state index is 0.319. The minimum absolute atomic E-state index is 0.319. The van der Waals surface area contributed by atoms with Crippen molar-refractivity contribution in [1.82, 2.24) is 0 Å². The van der Waals surface area contributed by atoms with Gasteiger partial charge in [0, 0.05) is 4.75 Å². The highest BCUT2D eigenvalue weighted by atomic mass is 32.1. The Labute approximate surface area is 61.7 Å².